The smallest absolute Gasteiger partial charge is 0.401 e. The van der Waals surface area contributed by atoms with Crippen molar-refractivity contribution in [3.8, 4) is 0 Å². The molecular weight excluding hydrogens is 379 g/mol. The van der Waals surface area contributed by atoms with Crippen LogP contribution in [0.5, 0.6) is 0 Å². The van der Waals surface area contributed by atoms with E-state index in [0.29, 0.717) is 10.5 Å². The number of para-hydroxylation sites is 1. The van der Waals surface area contributed by atoms with E-state index >= 15 is 0 Å². The van der Waals surface area contributed by atoms with Gasteiger partial charge < -0.3 is 9.64 Å². The van der Waals surface area contributed by atoms with Crippen LogP contribution in [0.3, 0.4) is 0 Å². The van der Waals surface area contributed by atoms with E-state index in [-0.39, 0.29) is 17.8 Å². The minimum atomic E-state index is -2.61. The van der Waals surface area contributed by atoms with Crippen molar-refractivity contribution in [2.45, 2.75) is 11.7 Å². The fourth-order valence-corrected chi connectivity index (χ4v) is 3.34. The van der Waals surface area contributed by atoms with Crippen molar-refractivity contribution in [1.82, 2.24) is 4.90 Å². The number of carbonyl (C=O) groups excluding carboxylic acids is 4. The van der Waals surface area contributed by atoms with Gasteiger partial charge in [0.15, 0.2) is 0 Å². The lowest BCUT2D eigenvalue weighted by atomic mass is 10.1. The average Bonchev–Trinajstić information content (AvgIpc) is 2.86. The number of benzene rings is 2. The maximum Gasteiger partial charge on any atom is 0.401 e. The first-order valence-electron chi connectivity index (χ1n) is 7.79. The monoisotopic (exact) mass is 388 g/mol. The number of ether oxygens (including phenoxy) is 1. The number of nitrogens with zero attached hydrogens (tertiary/aromatic N) is 2. The summed E-state index contributed by atoms with van der Waals surface area (Å²) in [6.45, 7) is -0.0859. The van der Waals surface area contributed by atoms with Gasteiger partial charge in [-0.05, 0) is 41.4 Å². The van der Waals surface area contributed by atoms with Crippen molar-refractivity contribution in [2.75, 3.05) is 4.90 Å². The lowest BCUT2D eigenvalue weighted by Crippen LogP contribution is -2.54. The Morgan fingerprint density at radius 3 is 2.33 bits per heavy atom. The number of carbonyl (C=O) groups is 4. The molecule has 2 heterocycles. The molecule has 1 atom stereocenters. The van der Waals surface area contributed by atoms with Gasteiger partial charge in [0.25, 0.3) is 5.91 Å². The average molecular weight is 389 g/mol. The summed E-state index contributed by atoms with van der Waals surface area (Å²) >= 11 is 6.18. The molecule has 2 aromatic carbocycles. The zero-order valence-corrected chi connectivity index (χ0v) is 14.3. The highest BCUT2D eigenvalue weighted by molar-refractivity contribution is 6.49. The highest BCUT2D eigenvalue weighted by Crippen LogP contribution is 2.40. The van der Waals surface area contributed by atoms with Crippen LogP contribution < -0.4 is 4.90 Å². The van der Waals surface area contributed by atoms with Crippen molar-refractivity contribution in [3.63, 3.8) is 0 Å². The van der Waals surface area contributed by atoms with Gasteiger partial charge in [-0.3, -0.25) is 14.4 Å². The lowest BCUT2D eigenvalue weighted by Gasteiger charge is -2.28. The van der Waals surface area contributed by atoms with E-state index in [1.807, 2.05) is 0 Å². The SMILES string of the molecule is O=C1OC2(Cl)C(=O)N(Cc3ccc(F)cc3)c3ccccc3C(=O)N2C1=O. The molecule has 1 fully saturated rings. The van der Waals surface area contributed by atoms with E-state index in [1.54, 1.807) is 12.1 Å². The van der Waals surface area contributed by atoms with Crippen LogP contribution in [0.25, 0.3) is 0 Å². The summed E-state index contributed by atoms with van der Waals surface area (Å²) < 4.78 is 17.9. The van der Waals surface area contributed by atoms with Crippen LogP contribution in [0, 0.1) is 5.82 Å². The maximum absolute atomic E-state index is 13.2. The summed E-state index contributed by atoms with van der Waals surface area (Å²) in [7, 11) is 0. The van der Waals surface area contributed by atoms with Crippen LogP contribution in [0.1, 0.15) is 15.9 Å². The van der Waals surface area contributed by atoms with Gasteiger partial charge in [0, 0.05) is 0 Å². The second-order valence-electron chi connectivity index (χ2n) is 5.93. The topological polar surface area (TPSA) is 84.0 Å². The zero-order chi connectivity index (χ0) is 19.3. The molecule has 0 bridgehead atoms. The Balaban J connectivity index is 1.87. The molecule has 27 heavy (non-hydrogen) atoms. The van der Waals surface area contributed by atoms with Crippen LogP contribution in [0.15, 0.2) is 48.5 Å². The van der Waals surface area contributed by atoms with Gasteiger partial charge in [0.05, 0.1) is 17.8 Å². The second-order valence-corrected chi connectivity index (χ2v) is 6.44. The molecule has 0 saturated carbocycles. The normalized spacial score (nSPS) is 21.7. The van der Waals surface area contributed by atoms with E-state index < -0.39 is 34.7 Å². The molecule has 2 aromatic rings. The first kappa shape index (κ1) is 17.2. The molecule has 2 aliphatic heterocycles. The number of hydrogen-bond acceptors (Lipinski definition) is 5. The number of amides is 3. The van der Waals surface area contributed by atoms with Crippen molar-refractivity contribution in [3.05, 3.63) is 65.5 Å². The molecule has 4 rings (SSSR count). The first-order chi connectivity index (χ1) is 12.8. The molecule has 136 valence electrons. The van der Waals surface area contributed by atoms with E-state index in [9.17, 15) is 23.6 Å². The summed E-state index contributed by atoms with van der Waals surface area (Å²) in [5, 5.41) is -2.61. The number of rotatable bonds is 2. The van der Waals surface area contributed by atoms with Crippen LogP contribution >= 0.6 is 11.6 Å². The third kappa shape index (κ3) is 2.48. The lowest BCUT2D eigenvalue weighted by molar-refractivity contribution is -0.154. The first-order valence-corrected chi connectivity index (χ1v) is 8.17. The fraction of sp³-hybridized carbons (Fsp3) is 0.111. The van der Waals surface area contributed by atoms with E-state index in [1.165, 1.54) is 36.4 Å². The zero-order valence-electron chi connectivity index (χ0n) is 13.5. The molecule has 7 nitrogen and oxygen atoms in total. The van der Waals surface area contributed by atoms with Crippen LogP contribution in [-0.4, -0.2) is 33.8 Å². The molecule has 0 spiro atoms. The van der Waals surface area contributed by atoms with Gasteiger partial charge in [-0.2, -0.15) is 0 Å². The Morgan fingerprint density at radius 2 is 1.63 bits per heavy atom. The van der Waals surface area contributed by atoms with Crippen molar-refractivity contribution in [2.24, 2.45) is 0 Å². The molecule has 2 aliphatic rings. The van der Waals surface area contributed by atoms with Crippen molar-refractivity contribution >= 4 is 41.0 Å². The quantitative estimate of drug-likeness (QED) is 0.257. The number of anilines is 1. The molecular formula is C18H10ClFN2O5. The predicted octanol–water partition coefficient (Wildman–Crippen LogP) is 1.79. The maximum atomic E-state index is 13.2. The molecule has 9 heteroatoms. The van der Waals surface area contributed by atoms with E-state index in [4.69, 9.17) is 16.3 Å². The molecule has 1 unspecified atom stereocenters. The van der Waals surface area contributed by atoms with Crippen LogP contribution in [-0.2, 0) is 25.7 Å². The standard InChI is InChI=1S/C18H10ClFN2O5/c19-18-17(26)21(9-10-5-7-11(20)8-6-10)13-4-2-1-3-12(13)14(23)22(18)15(24)16(25)27-18/h1-8H,9H2. The number of halogens is 2. The largest absolute Gasteiger partial charge is 0.407 e. The van der Waals surface area contributed by atoms with Gasteiger partial charge in [0.2, 0.25) is 0 Å². The molecule has 3 amide bonds. The second kappa shape index (κ2) is 5.88. The summed E-state index contributed by atoms with van der Waals surface area (Å²) in [6.07, 6.45) is 0. The van der Waals surface area contributed by atoms with Crippen LogP contribution in [0.4, 0.5) is 10.1 Å². The molecule has 0 radical (unpaired) electrons. The molecule has 0 aromatic heterocycles. The Labute approximate surface area is 156 Å². The number of hydrogen-bond donors (Lipinski definition) is 0. The van der Waals surface area contributed by atoms with Crippen molar-refractivity contribution in [1.29, 1.82) is 0 Å². The van der Waals surface area contributed by atoms with Gasteiger partial charge in [0.1, 0.15) is 5.82 Å². The van der Waals surface area contributed by atoms with Crippen molar-refractivity contribution < 1.29 is 28.3 Å². The highest BCUT2D eigenvalue weighted by atomic mass is 35.5. The summed E-state index contributed by atoms with van der Waals surface area (Å²) in [4.78, 5) is 51.2. The third-order valence-electron chi connectivity index (χ3n) is 4.28. The molecule has 1 saturated heterocycles. The Kier molecular flexibility index (Phi) is 3.74. The third-order valence-corrected chi connectivity index (χ3v) is 4.69. The van der Waals surface area contributed by atoms with Gasteiger partial charge in [-0.1, -0.05) is 24.3 Å². The summed E-state index contributed by atoms with van der Waals surface area (Å²) in [5.41, 5.74) is 0.730. The minimum absolute atomic E-state index is 0.00198. The Morgan fingerprint density at radius 1 is 0.963 bits per heavy atom. The number of fused-ring (bicyclic) bond motifs is 2. The predicted molar refractivity (Wildman–Crippen MR) is 89.9 cm³/mol. The van der Waals surface area contributed by atoms with Crippen LogP contribution in [0.2, 0.25) is 0 Å². The Bertz CT molecular complexity index is 1010. The molecule has 0 aliphatic carbocycles. The molecule has 0 N–H and O–H groups in total. The summed E-state index contributed by atoms with van der Waals surface area (Å²) in [6, 6.07) is 11.4. The number of imide groups is 1. The van der Waals surface area contributed by atoms with E-state index in [2.05, 4.69) is 0 Å². The minimum Gasteiger partial charge on any atom is -0.407 e. The number of esters is 1. The number of alkyl halides is 1. The van der Waals surface area contributed by atoms with Gasteiger partial charge in [-0.15, -0.1) is 0 Å². The van der Waals surface area contributed by atoms with E-state index in [0.717, 1.165) is 4.90 Å². The highest BCUT2D eigenvalue weighted by Gasteiger charge is 2.63. The Hall–Kier alpha value is -3.26. The van der Waals surface area contributed by atoms with Gasteiger partial charge >= 0.3 is 23.0 Å². The van der Waals surface area contributed by atoms with Gasteiger partial charge in [-0.25, -0.2) is 14.1 Å². The fourth-order valence-electron chi connectivity index (χ4n) is 3.01. The summed E-state index contributed by atoms with van der Waals surface area (Å²) in [5.74, 6) is -5.07.